The number of rotatable bonds is 11. The fraction of sp³-hybridized carbons (Fsp3) is 0.562. The molecule has 1 N–H and O–H groups in total. The zero-order valence-electron chi connectivity index (χ0n) is 25.4. The van der Waals surface area contributed by atoms with Crippen molar-refractivity contribution in [1.29, 1.82) is 0 Å². The maximum atomic E-state index is 15.5. The van der Waals surface area contributed by atoms with E-state index in [1.807, 2.05) is 12.1 Å². The molecule has 1 saturated heterocycles. The van der Waals surface area contributed by atoms with E-state index in [0.717, 1.165) is 23.4 Å². The maximum absolute atomic E-state index is 15.5. The standard InChI is InChI=1S/C32H43FN2O7/c1-30(2,3)42-29(39)35(6)32(28(37)38,21-31(4,5)33)25(27(36)41-20-22-10-8-7-9-11-22)18-23-12-13-26(34-19-23)24-14-16-40-17-15-24/h7-13,19,24-25H,14-18,20-21H2,1-6H3,(H,37,38)/t25-,32-/m0/s1. The predicted octanol–water partition coefficient (Wildman–Crippen LogP) is 5.71. The van der Waals surface area contributed by atoms with E-state index < -0.39 is 47.2 Å². The van der Waals surface area contributed by atoms with Crippen molar-refractivity contribution in [3.05, 3.63) is 65.5 Å². The van der Waals surface area contributed by atoms with Crippen molar-refractivity contribution in [2.24, 2.45) is 5.92 Å². The number of aliphatic carboxylic acids is 1. The van der Waals surface area contributed by atoms with Crippen molar-refractivity contribution in [1.82, 2.24) is 9.88 Å². The van der Waals surface area contributed by atoms with Gasteiger partial charge in [-0.2, -0.15) is 0 Å². The Morgan fingerprint density at radius 1 is 1.05 bits per heavy atom. The largest absolute Gasteiger partial charge is 0.479 e. The lowest BCUT2D eigenvalue weighted by molar-refractivity contribution is -0.171. The van der Waals surface area contributed by atoms with Gasteiger partial charge in [0.05, 0.1) is 5.92 Å². The van der Waals surface area contributed by atoms with E-state index in [0.29, 0.717) is 24.3 Å². The molecule has 2 heterocycles. The summed E-state index contributed by atoms with van der Waals surface area (Å²) in [7, 11) is 1.22. The third kappa shape index (κ3) is 8.74. The average molecular weight is 587 g/mol. The molecule has 0 radical (unpaired) electrons. The molecule has 1 aromatic heterocycles. The van der Waals surface area contributed by atoms with Gasteiger partial charge in [-0.25, -0.2) is 14.0 Å². The van der Waals surface area contributed by atoms with Crippen LogP contribution in [0.5, 0.6) is 0 Å². The summed E-state index contributed by atoms with van der Waals surface area (Å²) in [4.78, 5) is 45.8. The van der Waals surface area contributed by atoms with Crippen LogP contribution < -0.4 is 0 Å². The summed E-state index contributed by atoms with van der Waals surface area (Å²) in [5.41, 5.74) is -3.28. The highest BCUT2D eigenvalue weighted by Crippen LogP contribution is 2.39. The second-order valence-corrected chi connectivity index (χ2v) is 12.5. The van der Waals surface area contributed by atoms with Gasteiger partial charge in [-0.3, -0.25) is 14.7 Å². The minimum Gasteiger partial charge on any atom is -0.479 e. The van der Waals surface area contributed by atoms with Crippen LogP contribution in [0.1, 0.15) is 76.6 Å². The summed E-state index contributed by atoms with van der Waals surface area (Å²) in [6, 6.07) is 12.6. The van der Waals surface area contributed by atoms with Gasteiger partial charge in [-0.1, -0.05) is 36.4 Å². The topological polar surface area (TPSA) is 115 Å². The van der Waals surface area contributed by atoms with Crippen molar-refractivity contribution in [2.45, 2.75) is 89.6 Å². The average Bonchev–Trinajstić information content (AvgIpc) is 2.93. The monoisotopic (exact) mass is 586 g/mol. The number of nitrogens with zero attached hydrogens (tertiary/aromatic N) is 2. The Bertz CT molecular complexity index is 1200. The minimum atomic E-state index is -2.35. The molecule has 1 aliphatic rings. The van der Waals surface area contributed by atoms with Gasteiger partial charge in [-0.15, -0.1) is 0 Å². The van der Waals surface area contributed by atoms with Crippen molar-refractivity contribution in [3.63, 3.8) is 0 Å². The highest BCUT2D eigenvalue weighted by atomic mass is 19.1. The number of hydrogen-bond donors (Lipinski definition) is 1. The summed E-state index contributed by atoms with van der Waals surface area (Å²) in [5, 5.41) is 10.8. The molecule has 0 saturated carbocycles. The molecule has 230 valence electrons. The molecule has 3 rings (SSSR count). The van der Waals surface area contributed by atoms with Gasteiger partial charge in [-0.05, 0) is 71.1 Å². The summed E-state index contributed by atoms with van der Waals surface area (Å²) in [5.74, 6) is -3.69. The highest BCUT2D eigenvalue weighted by Gasteiger charge is 2.58. The molecule has 10 heteroatoms. The van der Waals surface area contributed by atoms with Gasteiger partial charge < -0.3 is 19.3 Å². The molecule has 42 heavy (non-hydrogen) atoms. The molecular formula is C32H43FN2O7. The van der Waals surface area contributed by atoms with Gasteiger partial charge in [0.2, 0.25) is 0 Å². The molecule has 2 atom stereocenters. The van der Waals surface area contributed by atoms with Crippen LogP contribution in [-0.2, 0) is 36.8 Å². The number of hydrogen-bond acceptors (Lipinski definition) is 7. The van der Waals surface area contributed by atoms with Crippen molar-refractivity contribution in [3.8, 4) is 0 Å². The summed E-state index contributed by atoms with van der Waals surface area (Å²) in [6.07, 6.45) is 1.43. The molecule has 1 fully saturated rings. The number of esters is 1. The first kappa shape index (κ1) is 33.0. The van der Waals surface area contributed by atoms with Crippen LogP contribution in [0.2, 0.25) is 0 Å². The normalized spacial score (nSPS) is 16.6. The van der Waals surface area contributed by atoms with Crippen LogP contribution in [0, 0.1) is 5.92 Å². The van der Waals surface area contributed by atoms with E-state index in [9.17, 15) is 19.5 Å². The van der Waals surface area contributed by atoms with E-state index >= 15 is 4.39 Å². The second kappa shape index (κ2) is 13.6. The Kier molecular flexibility index (Phi) is 10.7. The van der Waals surface area contributed by atoms with Gasteiger partial charge >= 0.3 is 18.0 Å². The van der Waals surface area contributed by atoms with Gasteiger partial charge in [0.1, 0.15) is 17.9 Å². The van der Waals surface area contributed by atoms with Crippen molar-refractivity contribution in [2.75, 3.05) is 20.3 Å². The predicted molar refractivity (Wildman–Crippen MR) is 155 cm³/mol. The van der Waals surface area contributed by atoms with E-state index in [-0.39, 0.29) is 18.9 Å². The number of carbonyl (C=O) groups excluding carboxylic acids is 2. The van der Waals surface area contributed by atoms with Crippen LogP contribution in [0.25, 0.3) is 0 Å². The Hall–Kier alpha value is -3.53. The molecule has 0 aliphatic carbocycles. The molecule has 0 spiro atoms. The van der Waals surface area contributed by atoms with Gasteiger partial charge in [0.25, 0.3) is 0 Å². The SMILES string of the molecule is CN(C(=O)OC(C)(C)C)[C@](CC(C)(C)F)(C(=O)O)[C@@H](Cc1ccc(C2CCOCC2)nc1)C(=O)OCc1ccccc1. The lowest BCUT2D eigenvalue weighted by Crippen LogP contribution is -2.65. The Morgan fingerprint density at radius 2 is 1.69 bits per heavy atom. The third-order valence-corrected chi connectivity index (χ3v) is 7.34. The summed E-state index contributed by atoms with van der Waals surface area (Å²) < 4.78 is 32.0. The van der Waals surface area contributed by atoms with Crippen LogP contribution in [0.15, 0.2) is 48.7 Å². The zero-order valence-corrected chi connectivity index (χ0v) is 25.4. The van der Waals surface area contributed by atoms with Gasteiger partial charge in [0.15, 0.2) is 5.54 Å². The number of alkyl halides is 1. The molecule has 1 aliphatic heterocycles. The summed E-state index contributed by atoms with van der Waals surface area (Å²) in [6.45, 7) is 8.52. The number of carboxylic acids is 1. The number of aromatic nitrogens is 1. The third-order valence-electron chi connectivity index (χ3n) is 7.34. The Balaban J connectivity index is 2.06. The van der Waals surface area contributed by atoms with E-state index in [1.54, 1.807) is 57.3 Å². The van der Waals surface area contributed by atoms with Crippen LogP contribution in [-0.4, -0.2) is 70.1 Å². The lowest BCUT2D eigenvalue weighted by atomic mass is 9.73. The molecular weight excluding hydrogens is 543 g/mol. The zero-order chi connectivity index (χ0) is 31.1. The number of ether oxygens (including phenoxy) is 3. The Morgan fingerprint density at radius 3 is 2.21 bits per heavy atom. The van der Waals surface area contributed by atoms with Crippen molar-refractivity contribution >= 4 is 18.0 Å². The lowest BCUT2D eigenvalue weighted by Gasteiger charge is -2.44. The Labute approximate surface area is 247 Å². The van der Waals surface area contributed by atoms with Gasteiger partial charge in [0, 0.05) is 44.5 Å². The first-order valence-corrected chi connectivity index (χ1v) is 14.2. The number of carboxylic acid groups (broad SMARTS) is 1. The van der Waals surface area contributed by atoms with Crippen LogP contribution in [0.3, 0.4) is 0 Å². The fourth-order valence-corrected chi connectivity index (χ4v) is 5.28. The number of amides is 1. The number of pyridine rings is 1. The maximum Gasteiger partial charge on any atom is 0.411 e. The van der Waals surface area contributed by atoms with Crippen LogP contribution in [0.4, 0.5) is 9.18 Å². The highest BCUT2D eigenvalue weighted by molar-refractivity contribution is 5.91. The molecule has 0 bridgehead atoms. The quantitative estimate of drug-likeness (QED) is 0.333. The number of likely N-dealkylation sites (N-methyl/N-ethyl adjacent to an activating group) is 1. The first-order chi connectivity index (χ1) is 19.6. The molecule has 9 nitrogen and oxygen atoms in total. The van der Waals surface area contributed by atoms with Crippen LogP contribution >= 0.6 is 0 Å². The number of halogens is 1. The van der Waals surface area contributed by atoms with E-state index in [1.165, 1.54) is 20.9 Å². The molecule has 0 unspecified atom stereocenters. The van der Waals surface area contributed by atoms with Crippen molar-refractivity contribution < 1.29 is 38.1 Å². The number of benzene rings is 1. The molecule has 1 aromatic carbocycles. The first-order valence-electron chi connectivity index (χ1n) is 14.2. The minimum absolute atomic E-state index is 0.123. The summed E-state index contributed by atoms with van der Waals surface area (Å²) >= 11 is 0. The molecule has 2 aromatic rings. The van der Waals surface area contributed by atoms with E-state index in [4.69, 9.17) is 14.2 Å². The smallest absolute Gasteiger partial charge is 0.411 e. The number of carbonyl (C=O) groups is 3. The van der Waals surface area contributed by atoms with E-state index in [2.05, 4.69) is 4.98 Å². The molecule has 1 amide bonds. The fourth-order valence-electron chi connectivity index (χ4n) is 5.28. The second-order valence-electron chi connectivity index (χ2n) is 12.5.